The third-order valence-corrected chi connectivity index (χ3v) is 3.71. The van der Waals surface area contributed by atoms with Crippen molar-refractivity contribution in [1.29, 1.82) is 0 Å². The molecule has 1 aliphatic heterocycles. The van der Waals surface area contributed by atoms with Gasteiger partial charge in [-0.15, -0.1) is 5.10 Å². The number of carboxylic acids is 1. The Labute approximate surface area is 130 Å². The zero-order valence-corrected chi connectivity index (χ0v) is 12.5. The number of benzene rings is 1. The van der Waals surface area contributed by atoms with Crippen LogP contribution in [0.1, 0.15) is 11.4 Å². The number of hydrogen-bond donors (Lipinski definition) is 1. The number of H-pyrrole nitrogens is 1. The average molecular weight is 318 g/mol. The van der Waals surface area contributed by atoms with Gasteiger partial charge in [-0.2, -0.15) is 0 Å². The first-order valence-corrected chi connectivity index (χ1v) is 7.33. The molecule has 0 bridgehead atoms. The highest BCUT2D eigenvalue weighted by Gasteiger charge is 2.12. The van der Waals surface area contributed by atoms with Crippen molar-refractivity contribution >= 4 is 23.8 Å². The lowest BCUT2D eigenvalue weighted by atomic mass is 10.2. The van der Waals surface area contributed by atoms with Gasteiger partial charge in [0.1, 0.15) is 19.0 Å². The summed E-state index contributed by atoms with van der Waals surface area (Å²) in [4.78, 5) is 15.4. The number of ether oxygens (including phenoxy) is 2. The molecule has 1 N–H and O–H groups in total. The van der Waals surface area contributed by atoms with Crippen molar-refractivity contribution in [3.8, 4) is 11.5 Å². The van der Waals surface area contributed by atoms with E-state index in [1.165, 1.54) is 6.08 Å². The van der Waals surface area contributed by atoms with E-state index in [4.69, 9.17) is 9.47 Å². The summed E-state index contributed by atoms with van der Waals surface area (Å²) < 4.78 is 10.9. The maximum Gasteiger partial charge on any atom is 0.213 e. The smallest absolute Gasteiger partial charge is 0.213 e. The van der Waals surface area contributed by atoms with Gasteiger partial charge in [0.25, 0.3) is 0 Å². The van der Waals surface area contributed by atoms with Gasteiger partial charge in [0.05, 0.1) is 5.97 Å². The van der Waals surface area contributed by atoms with Gasteiger partial charge in [-0.3, -0.25) is 5.10 Å². The second-order valence-electron chi connectivity index (χ2n) is 4.50. The predicted molar refractivity (Wildman–Crippen MR) is 77.4 cm³/mol. The van der Waals surface area contributed by atoms with E-state index in [1.54, 1.807) is 25.1 Å². The SMILES string of the molecule is Cc1nc(S/C(=C\c2ccc3c(c2)OCCO3)C(=O)[O-])n[nH]1. The molecule has 0 atom stereocenters. The minimum Gasteiger partial charge on any atom is -0.544 e. The first-order valence-electron chi connectivity index (χ1n) is 6.51. The fourth-order valence-corrected chi connectivity index (χ4v) is 2.65. The number of aryl methyl sites for hydroxylation is 1. The maximum atomic E-state index is 11.3. The molecule has 0 amide bonds. The summed E-state index contributed by atoms with van der Waals surface area (Å²) >= 11 is 0.923. The second-order valence-corrected chi connectivity index (χ2v) is 5.51. The number of nitrogens with zero attached hydrogens (tertiary/aromatic N) is 2. The number of thioether (sulfide) groups is 1. The van der Waals surface area contributed by atoms with E-state index < -0.39 is 5.97 Å². The number of rotatable bonds is 4. The van der Waals surface area contributed by atoms with Gasteiger partial charge in [0.2, 0.25) is 5.16 Å². The van der Waals surface area contributed by atoms with Crippen LogP contribution < -0.4 is 14.6 Å². The molecule has 1 aromatic carbocycles. The number of aromatic nitrogens is 3. The number of hydrogen-bond acceptors (Lipinski definition) is 7. The molecule has 0 saturated heterocycles. The molecule has 0 fully saturated rings. The largest absolute Gasteiger partial charge is 0.544 e. The molecule has 3 rings (SSSR count). The Kier molecular flexibility index (Phi) is 4.01. The van der Waals surface area contributed by atoms with Gasteiger partial charge in [-0.1, -0.05) is 6.07 Å². The molecular weight excluding hydrogens is 306 g/mol. The Morgan fingerprint density at radius 3 is 2.82 bits per heavy atom. The lowest BCUT2D eigenvalue weighted by molar-refractivity contribution is -0.297. The fraction of sp³-hybridized carbons (Fsp3) is 0.214. The molecule has 1 aliphatic rings. The number of carbonyl (C=O) groups is 1. The highest BCUT2D eigenvalue weighted by Crippen LogP contribution is 2.32. The molecule has 1 aromatic heterocycles. The van der Waals surface area contributed by atoms with Crippen molar-refractivity contribution in [2.24, 2.45) is 0 Å². The van der Waals surface area contributed by atoms with Crippen LogP contribution in [-0.4, -0.2) is 34.4 Å². The van der Waals surface area contributed by atoms with Crippen molar-refractivity contribution in [1.82, 2.24) is 15.2 Å². The number of nitrogens with one attached hydrogen (secondary N) is 1. The number of carbonyl (C=O) groups excluding carboxylic acids is 1. The summed E-state index contributed by atoms with van der Waals surface area (Å²) in [6, 6.07) is 5.22. The third kappa shape index (κ3) is 3.22. The molecule has 0 unspecified atom stereocenters. The van der Waals surface area contributed by atoms with Crippen LogP contribution in [0.4, 0.5) is 0 Å². The van der Waals surface area contributed by atoms with Crippen molar-refractivity contribution in [3.05, 3.63) is 34.5 Å². The standard InChI is InChI=1S/C14H13N3O4S/c1-8-15-14(17-16-8)22-12(13(18)19)7-9-2-3-10-11(6-9)21-5-4-20-10/h2-3,6-7H,4-5H2,1H3,(H,18,19)(H,15,16,17)/p-1/b12-7-. The van der Waals surface area contributed by atoms with E-state index in [9.17, 15) is 9.90 Å². The summed E-state index contributed by atoms with van der Waals surface area (Å²) in [5, 5.41) is 18.2. The van der Waals surface area contributed by atoms with Gasteiger partial charge in [-0.25, -0.2) is 4.98 Å². The van der Waals surface area contributed by atoms with Crippen molar-refractivity contribution in [3.63, 3.8) is 0 Å². The van der Waals surface area contributed by atoms with Crippen LogP contribution in [0.25, 0.3) is 6.08 Å². The third-order valence-electron chi connectivity index (χ3n) is 2.84. The zero-order valence-electron chi connectivity index (χ0n) is 11.7. The van der Waals surface area contributed by atoms with Crippen LogP contribution in [0.15, 0.2) is 28.3 Å². The molecule has 114 valence electrons. The summed E-state index contributed by atoms with van der Waals surface area (Å²) in [5.74, 6) is 0.564. The Morgan fingerprint density at radius 2 is 2.14 bits per heavy atom. The van der Waals surface area contributed by atoms with Gasteiger partial charge < -0.3 is 19.4 Å². The van der Waals surface area contributed by atoms with Gasteiger partial charge in [0, 0.05) is 4.91 Å². The first kappa shape index (κ1) is 14.5. The van der Waals surface area contributed by atoms with E-state index in [-0.39, 0.29) is 4.91 Å². The van der Waals surface area contributed by atoms with E-state index in [0.717, 1.165) is 11.8 Å². The molecule has 0 spiro atoms. The van der Waals surface area contributed by atoms with E-state index in [1.807, 2.05) is 0 Å². The number of aromatic amines is 1. The van der Waals surface area contributed by atoms with Crippen LogP contribution in [0.5, 0.6) is 11.5 Å². The first-order chi connectivity index (χ1) is 10.6. The van der Waals surface area contributed by atoms with Crippen LogP contribution in [0.3, 0.4) is 0 Å². The normalized spacial score (nSPS) is 14.0. The summed E-state index contributed by atoms with van der Waals surface area (Å²) in [7, 11) is 0. The molecule has 2 heterocycles. The van der Waals surface area contributed by atoms with E-state index in [0.29, 0.717) is 41.3 Å². The summed E-state index contributed by atoms with van der Waals surface area (Å²) in [5.41, 5.74) is 0.670. The van der Waals surface area contributed by atoms with E-state index in [2.05, 4.69) is 15.2 Å². The van der Waals surface area contributed by atoms with Gasteiger partial charge >= 0.3 is 0 Å². The quantitative estimate of drug-likeness (QED) is 0.656. The van der Waals surface area contributed by atoms with Gasteiger partial charge in [-0.05, 0) is 42.5 Å². The second kappa shape index (κ2) is 6.10. The molecule has 2 aromatic rings. The van der Waals surface area contributed by atoms with Crippen LogP contribution in [0.2, 0.25) is 0 Å². The number of fused-ring (bicyclic) bond motifs is 1. The topological polar surface area (TPSA) is 100 Å². The average Bonchev–Trinajstić information content (AvgIpc) is 2.91. The highest BCUT2D eigenvalue weighted by atomic mass is 32.2. The Hall–Kier alpha value is -2.48. The van der Waals surface area contributed by atoms with Crippen LogP contribution in [0, 0.1) is 6.92 Å². The summed E-state index contributed by atoms with van der Waals surface area (Å²) in [6.45, 7) is 2.71. The molecule has 7 nitrogen and oxygen atoms in total. The highest BCUT2D eigenvalue weighted by molar-refractivity contribution is 8.04. The van der Waals surface area contributed by atoms with Crippen LogP contribution in [-0.2, 0) is 4.79 Å². The predicted octanol–water partition coefficient (Wildman–Crippen LogP) is 0.767. The molecule has 0 saturated carbocycles. The zero-order chi connectivity index (χ0) is 15.5. The monoisotopic (exact) mass is 318 g/mol. The van der Waals surface area contributed by atoms with Crippen LogP contribution >= 0.6 is 11.8 Å². The fourth-order valence-electron chi connectivity index (χ4n) is 1.90. The van der Waals surface area contributed by atoms with Crippen molar-refractivity contribution in [2.45, 2.75) is 12.1 Å². The molecule has 0 radical (unpaired) electrons. The number of carboxylic acid groups (broad SMARTS) is 1. The Bertz CT molecular complexity index is 741. The Balaban J connectivity index is 1.87. The minimum absolute atomic E-state index is 0.00989. The molecule has 22 heavy (non-hydrogen) atoms. The maximum absolute atomic E-state index is 11.3. The van der Waals surface area contributed by atoms with Crippen molar-refractivity contribution < 1.29 is 19.4 Å². The van der Waals surface area contributed by atoms with Crippen molar-refractivity contribution in [2.75, 3.05) is 13.2 Å². The van der Waals surface area contributed by atoms with Gasteiger partial charge in [0.15, 0.2) is 11.5 Å². The number of aliphatic carboxylic acids is 1. The van der Waals surface area contributed by atoms with E-state index >= 15 is 0 Å². The lowest BCUT2D eigenvalue weighted by Gasteiger charge is -2.18. The minimum atomic E-state index is -1.29. The molecule has 0 aliphatic carbocycles. The molecular formula is C14H12N3O4S-. The Morgan fingerprint density at radius 1 is 1.36 bits per heavy atom. The summed E-state index contributed by atoms with van der Waals surface area (Å²) in [6.07, 6.45) is 1.49. The lowest BCUT2D eigenvalue weighted by Crippen LogP contribution is -2.23. The molecule has 8 heteroatoms.